The standard InChI is InChI=1S/C16H22N2O3/c19-16(18-7-9-20-10-8-18)13-17-6-11-21-15(12-17)14-4-2-1-3-5-14/h1-5,15H,6-13H2/t15-/m0/s1. The molecule has 1 aromatic carbocycles. The first-order chi connectivity index (χ1) is 10.3. The van der Waals surface area contributed by atoms with Crippen molar-refractivity contribution in [3.63, 3.8) is 0 Å². The quantitative estimate of drug-likeness (QED) is 0.830. The Bertz CT molecular complexity index is 460. The van der Waals surface area contributed by atoms with Crippen molar-refractivity contribution in [3.8, 4) is 0 Å². The van der Waals surface area contributed by atoms with Crippen molar-refractivity contribution >= 4 is 5.91 Å². The van der Waals surface area contributed by atoms with E-state index in [0.29, 0.717) is 39.5 Å². The molecule has 5 heteroatoms. The second-order valence-electron chi connectivity index (χ2n) is 5.50. The Morgan fingerprint density at radius 1 is 1.10 bits per heavy atom. The molecule has 0 unspecified atom stereocenters. The van der Waals surface area contributed by atoms with Gasteiger partial charge in [0.15, 0.2) is 0 Å². The van der Waals surface area contributed by atoms with E-state index in [1.165, 1.54) is 5.56 Å². The first kappa shape index (κ1) is 14.5. The number of benzene rings is 1. The van der Waals surface area contributed by atoms with Gasteiger partial charge in [-0.05, 0) is 5.56 Å². The fraction of sp³-hybridized carbons (Fsp3) is 0.562. The number of carbonyl (C=O) groups is 1. The Morgan fingerprint density at radius 2 is 1.86 bits per heavy atom. The highest BCUT2D eigenvalue weighted by molar-refractivity contribution is 5.78. The van der Waals surface area contributed by atoms with E-state index in [-0.39, 0.29) is 12.0 Å². The summed E-state index contributed by atoms with van der Waals surface area (Å²) < 4.78 is 11.1. The Morgan fingerprint density at radius 3 is 2.62 bits per heavy atom. The molecule has 0 radical (unpaired) electrons. The number of nitrogens with zero attached hydrogens (tertiary/aromatic N) is 2. The van der Waals surface area contributed by atoms with Crippen LogP contribution in [0.25, 0.3) is 0 Å². The van der Waals surface area contributed by atoms with Crippen LogP contribution in [0.5, 0.6) is 0 Å². The van der Waals surface area contributed by atoms with Crippen LogP contribution in [0.1, 0.15) is 11.7 Å². The fourth-order valence-corrected chi connectivity index (χ4v) is 2.82. The summed E-state index contributed by atoms with van der Waals surface area (Å²) in [5, 5.41) is 0. The van der Waals surface area contributed by atoms with Crippen LogP contribution in [0.4, 0.5) is 0 Å². The summed E-state index contributed by atoms with van der Waals surface area (Å²) in [6.45, 7) is 5.49. The lowest BCUT2D eigenvalue weighted by Gasteiger charge is -2.35. The third-order valence-corrected chi connectivity index (χ3v) is 4.04. The number of carbonyl (C=O) groups excluding carboxylic acids is 1. The van der Waals surface area contributed by atoms with E-state index >= 15 is 0 Å². The predicted molar refractivity (Wildman–Crippen MR) is 79.0 cm³/mol. The Kier molecular flexibility index (Phi) is 4.85. The van der Waals surface area contributed by atoms with E-state index in [2.05, 4.69) is 17.0 Å². The molecule has 0 N–H and O–H groups in total. The third kappa shape index (κ3) is 3.81. The van der Waals surface area contributed by atoms with Crippen LogP contribution in [0.3, 0.4) is 0 Å². The molecule has 0 aliphatic carbocycles. The summed E-state index contributed by atoms with van der Waals surface area (Å²) in [5.41, 5.74) is 1.18. The van der Waals surface area contributed by atoms with Gasteiger partial charge in [-0.2, -0.15) is 0 Å². The normalized spacial score (nSPS) is 24.0. The molecule has 1 atom stereocenters. The highest BCUT2D eigenvalue weighted by atomic mass is 16.5. The van der Waals surface area contributed by atoms with Gasteiger partial charge in [0.1, 0.15) is 0 Å². The Hall–Kier alpha value is -1.43. The van der Waals surface area contributed by atoms with Crippen molar-refractivity contribution in [2.45, 2.75) is 6.10 Å². The maximum Gasteiger partial charge on any atom is 0.236 e. The van der Waals surface area contributed by atoms with Crippen molar-refractivity contribution in [1.29, 1.82) is 0 Å². The molecule has 0 saturated carbocycles. The van der Waals surface area contributed by atoms with E-state index < -0.39 is 0 Å². The van der Waals surface area contributed by atoms with E-state index in [1.54, 1.807) is 0 Å². The number of rotatable bonds is 3. The van der Waals surface area contributed by atoms with E-state index in [4.69, 9.17) is 9.47 Å². The average Bonchev–Trinajstić information content (AvgIpc) is 2.57. The molecule has 0 spiro atoms. The lowest BCUT2D eigenvalue weighted by atomic mass is 10.1. The van der Waals surface area contributed by atoms with Crippen LogP contribution in [-0.2, 0) is 14.3 Å². The summed E-state index contributed by atoms with van der Waals surface area (Å²) in [6.07, 6.45) is 0.0671. The molecule has 2 saturated heterocycles. The van der Waals surface area contributed by atoms with Gasteiger partial charge in [-0.15, -0.1) is 0 Å². The number of morpholine rings is 2. The molecule has 1 amide bonds. The van der Waals surface area contributed by atoms with Crippen LogP contribution in [0, 0.1) is 0 Å². The molecular formula is C16H22N2O3. The lowest BCUT2D eigenvalue weighted by Crippen LogP contribution is -2.48. The van der Waals surface area contributed by atoms with Gasteiger partial charge in [0.25, 0.3) is 0 Å². The zero-order valence-electron chi connectivity index (χ0n) is 12.2. The van der Waals surface area contributed by atoms with Gasteiger partial charge in [-0.3, -0.25) is 9.69 Å². The third-order valence-electron chi connectivity index (χ3n) is 4.04. The molecule has 2 aliphatic heterocycles. The Labute approximate surface area is 125 Å². The summed E-state index contributed by atoms with van der Waals surface area (Å²) in [7, 11) is 0. The second kappa shape index (κ2) is 7.02. The zero-order chi connectivity index (χ0) is 14.5. The maximum absolute atomic E-state index is 12.3. The van der Waals surface area contributed by atoms with Crippen LogP contribution in [-0.4, -0.2) is 68.3 Å². The number of hydrogen-bond acceptors (Lipinski definition) is 4. The van der Waals surface area contributed by atoms with E-state index in [1.807, 2.05) is 23.1 Å². The molecule has 2 fully saturated rings. The monoisotopic (exact) mass is 290 g/mol. The zero-order valence-corrected chi connectivity index (χ0v) is 12.2. The van der Waals surface area contributed by atoms with Gasteiger partial charge in [-0.25, -0.2) is 0 Å². The highest BCUT2D eigenvalue weighted by Gasteiger charge is 2.25. The second-order valence-corrected chi connectivity index (χ2v) is 5.50. The van der Waals surface area contributed by atoms with Gasteiger partial charge in [0.2, 0.25) is 5.91 Å². The highest BCUT2D eigenvalue weighted by Crippen LogP contribution is 2.21. The maximum atomic E-state index is 12.3. The van der Waals surface area contributed by atoms with Crippen LogP contribution in [0.2, 0.25) is 0 Å². The summed E-state index contributed by atoms with van der Waals surface area (Å²) in [6, 6.07) is 10.2. The van der Waals surface area contributed by atoms with Gasteiger partial charge >= 0.3 is 0 Å². The van der Waals surface area contributed by atoms with Gasteiger partial charge < -0.3 is 14.4 Å². The minimum atomic E-state index is 0.0671. The minimum Gasteiger partial charge on any atom is -0.378 e. The SMILES string of the molecule is O=C(CN1CCO[C@H](c2ccccc2)C1)N1CCOCC1. The summed E-state index contributed by atoms with van der Waals surface area (Å²) in [5.74, 6) is 0.201. The minimum absolute atomic E-state index is 0.0671. The van der Waals surface area contributed by atoms with Crippen molar-refractivity contribution in [2.75, 3.05) is 52.5 Å². The van der Waals surface area contributed by atoms with Crippen LogP contribution in [0.15, 0.2) is 30.3 Å². The van der Waals surface area contributed by atoms with Crippen molar-refractivity contribution in [2.24, 2.45) is 0 Å². The van der Waals surface area contributed by atoms with Gasteiger partial charge in [-0.1, -0.05) is 30.3 Å². The molecule has 0 bridgehead atoms. The fourth-order valence-electron chi connectivity index (χ4n) is 2.82. The molecule has 2 aliphatic rings. The van der Waals surface area contributed by atoms with E-state index in [0.717, 1.165) is 13.1 Å². The Balaban J connectivity index is 1.55. The van der Waals surface area contributed by atoms with Crippen molar-refractivity contribution in [3.05, 3.63) is 35.9 Å². The molecule has 5 nitrogen and oxygen atoms in total. The largest absolute Gasteiger partial charge is 0.378 e. The van der Waals surface area contributed by atoms with Crippen molar-refractivity contribution < 1.29 is 14.3 Å². The smallest absolute Gasteiger partial charge is 0.236 e. The first-order valence-electron chi connectivity index (χ1n) is 7.57. The van der Waals surface area contributed by atoms with Crippen molar-refractivity contribution in [1.82, 2.24) is 9.80 Å². The molecule has 0 aromatic heterocycles. The topological polar surface area (TPSA) is 42.0 Å². The molecule has 2 heterocycles. The number of hydrogen-bond donors (Lipinski definition) is 0. The molecular weight excluding hydrogens is 268 g/mol. The molecule has 21 heavy (non-hydrogen) atoms. The summed E-state index contributed by atoms with van der Waals surface area (Å²) >= 11 is 0. The first-order valence-corrected chi connectivity index (χ1v) is 7.57. The average molecular weight is 290 g/mol. The lowest BCUT2D eigenvalue weighted by molar-refractivity contribution is -0.138. The predicted octanol–water partition coefficient (Wildman–Crippen LogP) is 0.919. The van der Waals surface area contributed by atoms with Crippen LogP contribution >= 0.6 is 0 Å². The number of ether oxygens (including phenoxy) is 2. The van der Waals surface area contributed by atoms with Crippen LogP contribution < -0.4 is 0 Å². The van der Waals surface area contributed by atoms with E-state index in [9.17, 15) is 4.79 Å². The van der Waals surface area contributed by atoms with Gasteiger partial charge in [0.05, 0.1) is 32.5 Å². The molecule has 3 rings (SSSR count). The number of amides is 1. The molecule has 114 valence electrons. The van der Waals surface area contributed by atoms with Gasteiger partial charge in [0, 0.05) is 26.2 Å². The molecule has 1 aromatic rings. The summed E-state index contributed by atoms with van der Waals surface area (Å²) in [4.78, 5) is 16.4.